The standard InChI is InChI=1S/C52H32S2/c1-2-10-34-27-37(22-19-31(34)9-1)51-41-14-5-3-12-39(41)50(40-13-4-6-15-42(40)51)33-20-17-32(18-21-33)35-24-26-48-45(28-35)46-30-44-36(29-49(46)53-48)23-25-43-38-11-7-8-16-47(38)54-52(43)44/h1-27,29-30,45H,28H2. The first kappa shape index (κ1) is 30.5. The molecule has 0 saturated heterocycles. The molecular formula is C52H32S2. The molecule has 10 aromatic rings. The van der Waals surface area contributed by atoms with Crippen LogP contribution in [-0.4, -0.2) is 0 Å². The molecular weight excluding hydrogens is 689 g/mol. The lowest BCUT2D eigenvalue weighted by molar-refractivity contribution is 0.853. The van der Waals surface area contributed by atoms with Crippen LogP contribution in [0.15, 0.2) is 186 Å². The normalized spacial score (nSPS) is 15.3. The Balaban J connectivity index is 0.930. The van der Waals surface area contributed by atoms with E-state index in [9.17, 15) is 0 Å². The third-order valence-electron chi connectivity index (χ3n) is 11.8. The van der Waals surface area contributed by atoms with E-state index in [1.807, 2.05) is 23.1 Å². The number of thioether (sulfide) groups is 1. The number of benzene rings is 9. The summed E-state index contributed by atoms with van der Waals surface area (Å²) in [5.41, 5.74) is 9.31. The van der Waals surface area contributed by atoms with Crippen molar-refractivity contribution >= 4 is 91.9 Å². The van der Waals surface area contributed by atoms with Gasteiger partial charge in [0.1, 0.15) is 0 Å². The maximum atomic E-state index is 2.52. The SMILES string of the molecule is C1=C(c2ccc(-c3c4ccccc4c(-c4ccc5ccccc5c4)c4ccccc34)cc2)CC2C(=C1)Sc1cc3ccc4c5ccccc5sc4c3cc12. The average molecular weight is 721 g/mol. The van der Waals surface area contributed by atoms with Gasteiger partial charge in [0.05, 0.1) is 0 Å². The second-order valence-electron chi connectivity index (χ2n) is 14.8. The molecule has 1 unspecified atom stereocenters. The summed E-state index contributed by atoms with van der Waals surface area (Å²) in [4.78, 5) is 2.88. The van der Waals surface area contributed by atoms with Gasteiger partial charge in [-0.15, -0.1) is 11.3 Å². The molecule has 12 rings (SSSR count). The highest BCUT2D eigenvalue weighted by molar-refractivity contribution is 8.03. The third-order valence-corrected chi connectivity index (χ3v) is 14.3. The van der Waals surface area contributed by atoms with Crippen molar-refractivity contribution in [3.05, 3.63) is 192 Å². The lowest BCUT2D eigenvalue weighted by Gasteiger charge is -2.21. The topological polar surface area (TPSA) is 0 Å². The van der Waals surface area contributed by atoms with E-state index in [4.69, 9.17) is 0 Å². The monoisotopic (exact) mass is 720 g/mol. The summed E-state index contributed by atoms with van der Waals surface area (Å²) >= 11 is 3.90. The highest BCUT2D eigenvalue weighted by atomic mass is 32.2. The molecule has 0 fully saturated rings. The molecule has 0 nitrogen and oxygen atoms in total. The van der Waals surface area contributed by atoms with Gasteiger partial charge >= 0.3 is 0 Å². The Labute approximate surface area is 321 Å². The molecule has 0 radical (unpaired) electrons. The van der Waals surface area contributed by atoms with Crippen molar-refractivity contribution in [2.24, 2.45) is 0 Å². The number of fused-ring (bicyclic) bond motifs is 11. The highest BCUT2D eigenvalue weighted by Crippen LogP contribution is 2.55. The van der Waals surface area contributed by atoms with Crippen molar-refractivity contribution in [3.8, 4) is 22.3 Å². The van der Waals surface area contributed by atoms with E-state index in [1.54, 1.807) is 0 Å². The van der Waals surface area contributed by atoms with Gasteiger partial charge < -0.3 is 0 Å². The van der Waals surface area contributed by atoms with E-state index >= 15 is 0 Å². The minimum atomic E-state index is 0.397. The van der Waals surface area contributed by atoms with Crippen LogP contribution in [-0.2, 0) is 0 Å². The van der Waals surface area contributed by atoms with E-state index < -0.39 is 0 Å². The number of allylic oxidation sites excluding steroid dienone is 4. The van der Waals surface area contributed by atoms with Crippen LogP contribution in [0, 0.1) is 0 Å². The first-order valence-corrected chi connectivity index (χ1v) is 20.4. The number of rotatable bonds is 3. The van der Waals surface area contributed by atoms with Crippen LogP contribution in [0.3, 0.4) is 0 Å². The van der Waals surface area contributed by atoms with Gasteiger partial charge in [-0.25, -0.2) is 0 Å². The van der Waals surface area contributed by atoms with Crippen LogP contribution in [0.25, 0.3) is 91.1 Å². The summed E-state index contributed by atoms with van der Waals surface area (Å²) in [5.74, 6) is 0.397. The maximum absolute atomic E-state index is 2.52. The predicted octanol–water partition coefficient (Wildman–Crippen LogP) is 15.6. The molecule has 9 aromatic carbocycles. The fourth-order valence-electron chi connectivity index (χ4n) is 9.25. The fraction of sp³-hybridized carbons (Fsp3) is 0.0385. The summed E-state index contributed by atoms with van der Waals surface area (Å²) < 4.78 is 2.77. The molecule has 0 amide bonds. The van der Waals surface area contributed by atoms with Crippen LogP contribution in [0.2, 0.25) is 0 Å². The van der Waals surface area contributed by atoms with Crippen molar-refractivity contribution in [2.75, 3.05) is 0 Å². The first-order valence-electron chi connectivity index (χ1n) is 18.8. The molecule has 0 spiro atoms. The largest absolute Gasteiger partial charge is 0.135 e. The van der Waals surface area contributed by atoms with Crippen molar-refractivity contribution in [3.63, 3.8) is 0 Å². The number of hydrogen-bond donors (Lipinski definition) is 0. The summed E-state index contributed by atoms with van der Waals surface area (Å²) in [6, 6.07) is 61.3. The zero-order valence-electron chi connectivity index (χ0n) is 29.3. The van der Waals surface area contributed by atoms with E-state index in [-0.39, 0.29) is 0 Å². The van der Waals surface area contributed by atoms with Gasteiger partial charge in [-0.05, 0) is 118 Å². The van der Waals surface area contributed by atoms with Gasteiger partial charge in [-0.2, -0.15) is 0 Å². The van der Waals surface area contributed by atoms with Gasteiger partial charge in [0.25, 0.3) is 0 Å². The van der Waals surface area contributed by atoms with Crippen molar-refractivity contribution in [1.29, 1.82) is 0 Å². The Morgan fingerprint density at radius 3 is 1.80 bits per heavy atom. The average Bonchev–Trinajstić information content (AvgIpc) is 3.79. The Morgan fingerprint density at radius 1 is 0.426 bits per heavy atom. The van der Waals surface area contributed by atoms with E-state index in [0.717, 1.165) is 6.42 Å². The molecule has 2 aliphatic rings. The van der Waals surface area contributed by atoms with Crippen LogP contribution >= 0.6 is 23.1 Å². The quantitative estimate of drug-likeness (QED) is 0.164. The van der Waals surface area contributed by atoms with E-state index in [1.165, 1.54) is 112 Å². The molecule has 1 aliphatic carbocycles. The molecule has 0 saturated carbocycles. The van der Waals surface area contributed by atoms with Gasteiger partial charge in [0.2, 0.25) is 0 Å². The summed E-state index contributed by atoms with van der Waals surface area (Å²) in [7, 11) is 0. The first-order chi connectivity index (χ1) is 26.7. The zero-order valence-corrected chi connectivity index (χ0v) is 31.0. The Hall–Kier alpha value is -5.93. The smallest absolute Gasteiger partial charge is 0.0433 e. The molecule has 2 heteroatoms. The molecule has 2 heterocycles. The predicted molar refractivity (Wildman–Crippen MR) is 236 cm³/mol. The second-order valence-corrected chi connectivity index (χ2v) is 16.9. The Morgan fingerprint density at radius 2 is 1.04 bits per heavy atom. The molecule has 1 atom stereocenters. The van der Waals surface area contributed by atoms with E-state index in [0.29, 0.717) is 5.92 Å². The summed E-state index contributed by atoms with van der Waals surface area (Å²) in [6.45, 7) is 0. The van der Waals surface area contributed by atoms with Gasteiger partial charge in [0, 0.05) is 31.0 Å². The molecule has 0 bridgehead atoms. The highest BCUT2D eigenvalue weighted by Gasteiger charge is 2.32. The van der Waals surface area contributed by atoms with Crippen LogP contribution in [0.1, 0.15) is 23.5 Å². The fourth-order valence-corrected chi connectivity index (χ4v) is 11.7. The molecule has 252 valence electrons. The summed E-state index contributed by atoms with van der Waals surface area (Å²) in [5, 5.41) is 13.2. The number of hydrogen-bond acceptors (Lipinski definition) is 2. The lowest BCUT2D eigenvalue weighted by atomic mass is 9.83. The molecule has 1 aliphatic heterocycles. The summed E-state index contributed by atoms with van der Waals surface area (Å²) in [6.07, 6.45) is 5.77. The van der Waals surface area contributed by atoms with Crippen LogP contribution < -0.4 is 0 Å². The molecule has 54 heavy (non-hydrogen) atoms. The second kappa shape index (κ2) is 11.8. The third kappa shape index (κ3) is 4.57. The minimum Gasteiger partial charge on any atom is -0.135 e. The molecule has 0 N–H and O–H groups in total. The Kier molecular flexibility index (Phi) is 6.66. The van der Waals surface area contributed by atoms with Crippen molar-refractivity contribution in [1.82, 2.24) is 0 Å². The van der Waals surface area contributed by atoms with Crippen LogP contribution in [0.5, 0.6) is 0 Å². The van der Waals surface area contributed by atoms with Gasteiger partial charge in [-0.3, -0.25) is 0 Å². The van der Waals surface area contributed by atoms with Crippen molar-refractivity contribution < 1.29 is 0 Å². The lowest BCUT2D eigenvalue weighted by Crippen LogP contribution is -2.02. The van der Waals surface area contributed by atoms with E-state index in [2.05, 4.69) is 176 Å². The minimum absolute atomic E-state index is 0.397. The van der Waals surface area contributed by atoms with Crippen LogP contribution in [0.4, 0.5) is 0 Å². The molecule has 1 aromatic heterocycles. The maximum Gasteiger partial charge on any atom is 0.0433 e. The van der Waals surface area contributed by atoms with Crippen molar-refractivity contribution in [2.45, 2.75) is 17.2 Å². The van der Waals surface area contributed by atoms with Gasteiger partial charge in [0.15, 0.2) is 0 Å². The number of thiophene rings is 1. The zero-order chi connectivity index (χ0) is 35.3. The Bertz CT molecular complexity index is 3210. The van der Waals surface area contributed by atoms with Gasteiger partial charge in [-0.1, -0.05) is 163 Å².